The van der Waals surface area contributed by atoms with Crippen LogP contribution in [0.15, 0.2) is 135 Å². The molecular formula is C98H110N18O9. The van der Waals surface area contributed by atoms with E-state index in [1.807, 2.05) is 107 Å². The Bertz CT molecular complexity index is 6070. The van der Waals surface area contributed by atoms with Crippen LogP contribution < -0.4 is 0 Å². The number of aliphatic hydroxyl groups is 1. The Hall–Kier alpha value is -12.0. The molecule has 646 valence electrons. The number of aromatic nitrogens is 14. The van der Waals surface area contributed by atoms with Gasteiger partial charge in [0, 0.05) is 310 Å². The van der Waals surface area contributed by atoms with Crippen molar-refractivity contribution >= 4 is 72.8 Å². The highest BCUT2D eigenvalue weighted by atomic mass is 16.5. The summed E-state index contributed by atoms with van der Waals surface area (Å²) in [5.74, 6) is 0.425. The number of nitrogens with zero attached hydrogens (tertiary/aromatic N) is 18. The average Bonchev–Trinajstić information content (AvgIpc) is 1.63. The van der Waals surface area contributed by atoms with E-state index in [1.54, 1.807) is 38.6 Å². The third kappa shape index (κ3) is 17.0. The molecule has 0 saturated carbocycles. The molecule has 1 N–H and O–H groups in total. The molecule has 4 fully saturated rings. The van der Waals surface area contributed by atoms with Crippen LogP contribution in [-0.2, 0) is 110 Å². The van der Waals surface area contributed by atoms with Gasteiger partial charge in [0.15, 0.2) is 0 Å². The van der Waals surface area contributed by atoms with Gasteiger partial charge in [-0.3, -0.25) is 62.5 Å². The molecule has 0 radical (unpaired) electrons. The predicted octanol–water partition coefficient (Wildman–Crippen LogP) is 14.8. The molecule has 8 aliphatic heterocycles. The van der Waals surface area contributed by atoms with Crippen LogP contribution in [0.5, 0.6) is 0 Å². The fraction of sp³-hybridized carbons (Fsp3) is 0.418. The number of amides is 4. The number of aliphatic hydroxyl groups excluding tert-OH is 1. The van der Waals surface area contributed by atoms with E-state index >= 15 is 0 Å². The molecule has 0 aliphatic carbocycles. The summed E-state index contributed by atoms with van der Waals surface area (Å²) >= 11 is 0. The molecule has 4 saturated heterocycles. The zero-order valence-corrected chi connectivity index (χ0v) is 72.7. The number of benzene rings is 4. The Kier molecular flexibility index (Phi) is 24.6. The molecule has 4 amide bonds. The van der Waals surface area contributed by atoms with Crippen LogP contribution in [0.1, 0.15) is 177 Å². The van der Waals surface area contributed by atoms with Gasteiger partial charge in [-0.1, -0.05) is 37.8 Å². The van der Waals surface area contributed by atoms with Gasteiger partial charge in [-0.2, -0.15) is 25.5 Å². The van der Waals surface area contributed by atoms with Gasteiger partial charge in [-0.25, -0.2) is 0 Å². The van der Waals surface area contributed by atoms with Crippen molar-refractivity contribution in [3.8, 4) is 56.3 Å². The summed E-state index contributed by atoms with van der Waals surface area (Å²) in [6.07, 6.45) is 30.8. The molecule has 21 rings (SSSR count). The number of carbonyl (C=O) groups excluding carboxylic acids is 4. The van der Waals surface area contributed by atoms with Crippen LogP contribution in [0, 0.1) is 6.92 Å². The number of ether oxygens (including phenoxy) is 4. The molecule has 27 heteroatoms. The molecule has 0 unspecified atom stereocenters. The first-order valence-corrected chi connectivity index (χ1v) is 44.4. The van der Waals surface area contributed by atoms with Crippen molar-refractivity contribution in [1.82, 2.24) is 88.4 Å². The Morgan fingerprint density at radius 1 is 0.440 bits per heavy atom. The number of rotatable bonds is 12. The summed E-state index contributed by atoms with van der Waals surface area (Å²) in [6, 6.07) is 26.6. The van der Waals surface area contributed by atoms with Gasteiger partial charge in [0.2, 0.25) is 23.6 Å². The first kappa shape index (κ1) is 83.9. The molecule has 125 heavy (non-hydrogen) atoms. The summed E-state index contributed by atoms with van der Waals surface area (Å²) in [6.45, 7) is 26.3. The van der Waals surface area contributed by atoms with Gasteiger partial charge in [0.1, 0.15) is 0 Å². The molecular weight excluding hydrogens is 1570 g/mol. The van der Waals surface area contributed by atoms with E-state index in [1.165, 1.54) is 50.4 Å². The third-order valence-electron chi connectivity index (χ3n) is 26.6. The smallest absolute Gasteiger partial charge is 0.219 e. The highest BCUT2D eigenvalue weighted by Crippen LogP contribution is 2.44. The van der Waals surface area contributed by atoms with E-state index in [-0.39, 0.29) is 30.2 Å². The highest BCUT2D eigenvalue weighted by molar-refractivity contribution is 6.01. The maximum atomic E-state index is 12.3. The van der Waals surface area contributed by atoms with Crippen molar-refractivity contribution in [3.05, 3.63) is 202 Å². The lowest BCUT2D eigenvalue weighted by Gasteiger charge is -2.29. The fourth-order valence-electron chi connectivity index (χ4n) is 19.7. The van der Waals surface area contributed by atoms with E-state index in [4.69, 9.17) is 44.3 Å². The standard InChI is InChI=1S/C27H30N6O2.C24H28N4O2.C24H26N4O2.C23H26N4O3/c1-17-4-5-21(23-14-28-25(12-22(17)23)19-13-29-31(3)15-19)27-24-16-32(18(2)34)9-6-26(24)33(30-27)20-7-10-35-11-8-20;2*1-3-17-12-18-4-8-25-14-21(18)20(13-17)24-22-15-27(16(2)29)9-5-23(22)28(26-24)19-6-10-30-11-7-19;1-15(29)26-7-3-22-21(13-26)23(25-27(22)18-4-8-30-9-5-18)19-11-16(14-28)10-17-2-6-24-12-20(17)19/h4-5,12-15,20H,6-11,16H2,1-3H3;4,8,12-14,19H,3,5-7,9-11,15H2,1-2H3;3-4,8,12-14,19H,1,5-7,9-11,15H2,2H3;2,6,10-12,18,28H,3-5,7-9,13-14H2,1H3. The van der Waals surface area contributed by atoms with Crippen LogP contribution >= 0.6 is 0 Å². The molecule has 27 nitrogen and oxygen atoms in total. The topological polar surface area (TPSA) is 279 Å². The predicted molar refractivity (Wildman–Crippen MR) is 480 cm³/mol. The summed E-state index contributed by atoms with van der Waals surface area (Å²) < 4.78 is 33.1. The molecule has 13 aromatic rings. The first-order valence-electron chi connectivity index (χ1n) is 44.4. The van der Waals surface area contributed by atoms with E-state index in [0.29, 0.717) is 50.3 Å². The minimum Gasteiger partial charge on any atom is -0.392 e. The third-order valence-corrected chi connectivity index (χ3v) is 26.6. The van der Waals surface area contributed by atoms with Crippen LogP contribution in [0.4, 0.5) is 0 Å². The van der Waals surface area contributed by atoms with Crippen molar-refractivity contribution in [2.75, 3.05) is 79.0 Å². The molecule has 0 atom stereocenters. The number of carbonyl (C=O) groups is 4. The second-order valence-corrected chi connectivity index (χ2v) is 34.3. The zero-order valence-electron chi connectivity index (χ0n) is 72.7. The normalized spacial score (nSPS) is 17.1. The van der Waals surface area contributed by atoms with E-state index < -0.39 is 0 Å². The maximum absolute atomic E-state index is 12.3. The highest BCUT2D eigenvalue weighted by Gasteiger charge is 2.37. The van der Waals surface area contributed by atoms with E-state index in [9.17, 15) is 24.3 Å². The van der Waals surface area contributed by atoms with Gasteiger partial charge in [-0.15, -0.1) is 0 Å². The summed E-state index contributed by atoms with van der Waals surface area (Å²) in [7, 11) is 1.91. The van der Waals surface area contributed by atoms with Crippen molar-refractivity contribution < 1.29 is 43.2 Å². The fourth-order valence-corrected chi connectivity index (χ4v) is 19.7. The Morgan fingerprint density at radius 2 is 0.808 bits per heavy atom. The molecule has 0 spiro atoms. The molecule has 17 heterocycles. The lowest BCUT2D eigenvalue weighted by atomic mass is 9.95. The van der Waals surface area contributed by atoms with E-state index in [0.717, 1.165) is 279 Å². The lowest BCUT2D eigenvalue weighted by Crippen LogP contribution is -2.35. The molecule has 8 aliphatic rings. The van der Waals surface area contributed by atoms with Gasteiger partial charge in [0.05, 0.1) is 65.4 Å². The average molecular weight is 1680 g/mol. The summed E-state index contributed by atoms with van der Waals surface area (Å²) in [4.78, 5) is 74.2. The van der Waals surface area contributed by atoms with Crippen LogP contribution in [-0.4, -0.2) is 196 Å². The Labute approximate surface area is 727 Å². The van der Waals surface area contributed by atoms with Crippen molar-refractivity contribution in [2.24, 2.45) is 7.05 Å². The molecule has 0 bridgehead atoms. The van der Waals surface area contributed by atoms with Crippen LogP contribution in [0.25, 0.3) is 105 Å². The first-order chi connectivity index (χ1) is 60.9. The minimum absolute atomic E-state index is 0.0340. The quantitative estimate of drug-likeness (QED) is 0.119. The second kappa shape index (κ2) is 36.7. The second-order valence-electron chi connectivity index (χ2n) is 34.3. The summed E-state index contributed by atoms with van der Waals surface area (Å²) in [5, 5.41) is 43.6. The lowest BCUT2D eigenvalue weighted by molar-refractivity contribution is -0.130. The molecule has 9 aromatic heterocycles. The van der Waals surface area contributed by atoms with Crippen molar-refractivity contribution in [3.63, 3.8) is 0 Å². The SMILES string of the molecule is C=Cc1cc(-c2nn(C3CCOCC3)c3c2CN(C(C)=O)CC3)c2cnccc2c1.CC(=O)N1CCc2c(c(-c3cc(CO)cc4ccncc34)nn2C2CCOCC2)C1.CC(=O)N1CCc2c(c(-c3ccc(C)c4cc(-c5cnn(C)c5)ncc34)nn2C2CCOCC2)C1.CCc1cc(-c2nn(C3CCOCC3)c3c2CN(C(C)=O)CC3)c2cnccc2c1. The Balaban J connectivity index is 0.000000113. The zero-order chi connectivity index (χ0) is 86.1. The van der Waals surface area contributed by atoms with E-state index in [2.05, 4.69) is 108 Å². The number of hydrogen-bond acceptors (Lipinski definition) is 18. The Morgan fingerprint density at radius 3 is 1.17 bits per heavy atom. The van der Waals surface area contributed by atoms with Gasteiger partial charge in [-0.05, 0) is 163 Å². The maximum Gasteiger partial charge on any atom is 0.219 e. The minimum atomic E-state index is -0.0340. The van der Waals surface area contributed by atoms with Gasteiger partial charge < -0.3 is 43.7 Å². The largest absolute Gasteiger partial charge is 0.392 e. The number of pyridine rings is 4. The van der Waals surface area contributed by atoms with Crippen molar-refractivity contribution in [1.29, 1.82) is 0 Å². The van der Waals surface area contributed by atoms with Crippen LogP contribution in [0.2, 0.25) is 0 Å². The van der Waals surface area contributed by atoms with Gasteiger partial charge >= 0.3 is 0 Å². The number of aryl methyl sites for hydroxylation is 3. The van der Waals surface area contributed by atoms with Gasteiger partial charge in [0.25, 0.3) is 0 Å². The monoisotopic (exact) mass is 1680 g/mol. The number of hydrogen-bond donors (Lipinski definition) is 1. The molecule has 4 aromatic carbocycles. The number of fused-ring (bicyclic) bond motifs is 8. The van der Waals surface area contributed by atoms with Crippen LogP contribution in [0.3, 0.4) is 0 Å². The van der Waals surface area contributed by atoms with Crippen molar-refractivity contribution in [2.45, 2.75) is 182 Å². The summed E-state index contributed by atoms with van der Waals surface area (Å²) in [5.41, 5.74) is 24.0.